The highest BCUT2D eigenvalue weighted by Gasteiger charge is 2.29. The van der Waals surface area contributed by atoms with Crippen LogP contribution in [0, 0.1) is 5.92 Å². The number of likely N-dealkylation sites (tertiary alicyclic amines) is 1. The molecule has 1 aliphatic heterocycles. The van der Waals surface area contributed by atoms with E-state index in [9.17, 15) is 4.79 Å². The molecule has 0 aromatic carbocycles. The van der Waals surface area contributed by atoms with E-state index < -0.39 is 0 Å². The van der Waals surface area contributed by atoms with E-state index in [1.165, 1.54) is 0 Å². The summed E-state index contributed by atoms with van der Waals surface area (Å²) >= 11 is 0. The van der Waals surface area contributed by atoms with E-state index in [4.69, 9.17) is 5.73 Å². The van der Waals surface area contributed by atoms with Gasteiger partial charge in [-0.15, -0.1) is 0 Å². The highest BCUT2D eigenvalue weighted by molar-refractivity contribution is 5.82. The third-order valence-corrected chi connectivity index (χ3v) is 4.11. The Balaban J connectivity index is 2.46. The van der Waals surface area contributed by atoms with Gasteiger partial charge in [-0.25, -0.2) is 0 Å². The molecule has 0 aromatic rings. The molecule has 0 spiro atoms. The molecule has 1 heterocycles. The van der Waals surface area contributed by atoms with Gasteiger partial charge in [0, 0.05) is 19.1 Å². The van der Waals surface area contributed by atoms with Crippen molar-refractivity contribution in [3.05, 3.63) is 0 Å². The second-order valence-corrected chi connectivity index (χ2v) is 5.55. The van der Waals surface area contributed by atoms with E-state index in [0.717, 1.165) is 39.0 Å². The van der Waals surface area contributed by atoms with Gasteiger partial charge in [-0.05, 0) is 31.8 Å². The quantitative estimate of drug-likeness (QED) is 0.805. The maximum atomic E-state index is 12.1. The molecule has 4 nitrogen and oxygen atoms in total. The van der Waals surface area contributed by atoms with Gasteiger partial charge in [0.25, 0.3) is 0 Å². The Hall–Kier alpha value is -0.610. The normalized spacial score (nSPS) is 19.6. The van der Waals surface area contributed by atoms with E-state index in [-0.39, 0.29) is 17.9 Å². The summed E-state index contributed by atoms with van der Waals surface area (Å²) in [7, 11) is 0. The van der Waals surface area contributed by atoms with Gasteiger partial charge in [0.2, 0.25) is 5.91 Å². The van der Waals surface area contributed by atoms with Crippen LogP contribution in [0.15, 0.2) is 0 Å². The fourth-order valence-corrected chi connectivity index (χ4v) is 2.69. The van der Waals surface area contributed by atoms with Crippen LogP contribution >= 0.6 is 0 Å². The Bertz CT molecular complexity index is 256. The Labute approximate surface area is 111 Å². The number of nitrogens with zero attached hydrogens (tertiary/aromatic N) is 2. The second-order valence-electron chi connectivity index (χ2n) is 5.55. The van der Waals surface area contributed by atoms with Crippen LogP contribution in [-0.4, -0.2) is 54.0 Å². The SMILES string of the molecule is CCN(CC)C1CCN(C(=O)[C@H](N)C(C)C)CC1. The number of hydrogen-bond donors (Lipinski definition) is 1. The number of hydrogen-bond acceptors (Lipinski definition) is 3. The average Bonchev–Trinajstić information content (AvgIpc) is 2.39. The lowest BCUT2D eigenvalue weighted by atomic mass is 9.99. The lowest BCUT2D eigenvalue weighted by molar-refractivity contribution is -0.135. The van der Waals surface area contributed by atoms with Gasteiger partial charge in [0.1, 0.15) is 0 Å². The fraction of sp³-hybridized carbons (Fsp3) is 0.929. The number of piperidine rings is 1. The zero-order chi connectivity index (χ0) is 13.7. The number of nitrogens with two attached hydrogens (primary N) is 1. The molecule has 18 heavy (non-hydrogen) atoms. The fourth-order valence-electron chi connectivity index (χ4n) is 2.69. The van der Waals surface area contributed by atoms with Crippen molar-refractivity contribution < 1.29 is 4.79 Å². The molecule has 1 atom stereocenters. The first-order chi connectivity index (χ1) is 8.51. The first kappa shape index (κ1) is 15.4. The van der Waals surface area contributed by atoms with Crippen molar-refractivity contribution in [3.8, 4) is 0 Å². The van der Waals surface area contributed by atoms with Gasteiger partial charge >= 0.3 is 0 Å². The Morgan fingerprint density at radius 3 is 2.17 bits per heavy atom. The molecule has 0 radical (unpaired) electrons. The van der Waals surface area contributed by atoms with E-state index in [1.54, 1.807) is 0 Å². The molecule has 4 heteroatoms. The van der Waals surface area contributed by atoms with Crippen molar-refractivity contribution in [2.75, 3.05) is 26.2 Å². The molecule has 1 aliphatic rings. The first-order valence-electron chi connectivity index (χ1n) is 7.29. The summed E-state index contributed by atoms with van der Waals surface area (Å²) in [6, 6.07) is 0.300. The molecule has 106 valence electrons. The van der Waals surface area contributed by atoms with E-state index in [1.807, 2.05) is 18.7 Å². The third-order valence-electron chi connectivity index (χ3n) is 4.11. The summed E-state index contributed by atoms with van der Waals surface area (Å²) in [5, 5.41) is 0. The van der Waals surface area contributed by atoms with Gasteiger partial charge in [-0.3, -0.25) is 4.79 Å². The maximum Gasteiger partial charge on any atom is 0.239 e. The highest BCUT2D eigenvalue weighted by Crippen LogP contribution is 2.17. The Kier molecular flexibility index (Phi) is 6.09. The zero-order valence-electron chi connectivity index (χ0n) is 12.4. The summed E-state index contributed by atoms with van der Waals surface area (Å²) < 4.78 is 0. The number of carbonyl (C=O) groups is 1. The van der Waals surface area contributed by atoms with Crippen LogP contribution < -0.4 is 5.73 Å². The van der Waals surface area contributed by atoms with Crippen LogP contribution in [0.5, 0.6) is 0 Å². The van der Waals surface area contributed by atoms with E-state index in [2.05, 4.69) is 18.7 Å². The zero-order valence-corrected chi connectivity index (χ0v) is 12.4. The van der Waals surface area contributed by atoms with E-state index >= 15 is 0 Å². The van der Waals surface area contributed by atoms with Crippen LogP contribution in [0.25, 0.3) is 0 Å². The Morgan fingerprint density at radius 1 is 1.28 bits per heavy atom. The van der Waals surface area contributed by atoms with Crippen LogP contribution in [0.2, 0.25) is 0 Å². The predicted octanol–water partition coefficient (Wildman–Crippen LogP) is 1.30. The molecule has 1 saturated heterocycles. The van der Waals surface area contributed by atoms with Crippen LogP contribution in [0.1, 0.15) is 40.5 Å². The van der Waals surface area contributed by atoms with E-state index in [0.29, 0.717) is 6.04 Å². The minimum atomic E-state index is -0.338. The third kappa shape index (κ3) is 3.69. The minimum Gasteiger partial charge on any atom is -0.341 e. The smallest absolute Gasteiger partial charge is 0.239 e. The molecule has 1 amide bonds. The maximum absolute atomic E-state index is 12.1. The summed E-state index contributed by atoms with van der Waals surface area (Å²) in [4.78, 5) is 16.6. The topological polar surface area (TPSA) is 49.6 Å². The molecular weight excluding hydrogens is 226 g/mol. The van der Waals surface area contributed by atoms with Crippen LogP contribution in [0.3, 0.4) is 0 Å². The molecule has 0 unspecified atom stereocenters. The monoisotopic (exact) mass is 255 g/mol. The molecule has 0 aliphatic carbocycles. The number of carbonyl (C=O) groups excluding carboxylic acids is 1. The molecule has 1 rings (SSSR count). The van der Waals surface area contributed by atoms with Gasteiger partial charge in [0.15, 0.2) is 0 Å². The van der Waals surface area contributed by atoms with Crippen molar-refractivity contribution in [2.45, 2.75) is 52.6 Å². The van der Waals surface area contributed by atoms with Gasteiger partial charge in [0.05, 0.1) is 6.04 Å². The largest absolute Gasteiger partial charge is 0.341 e. The molecule has 0 aromatic heterocycles. The van der Waals surface area contributed by atoms with Crippen molar-refractivity contribution in [3.63, 3.8) is 0 Å². The molecule has 0 saturated carbocycles. The predicted molar refractivity (Wildman–Crippen MR) is 75.3 cm³/mol. The average molecular weight is 255 g/mol. The summed E-state index contributed by atoms with van der Waals surface area (Å²) in [5.41, 5.74) is 5.94. The van der Waals surface area contributed by atoms with Crippen molar-refractivity contribution in [1.82, 2.24) is 9.80 Å². The summed E-state index contributed by atoms with van der Waals surface area (Å²) in [5.74, 6) is 0.348. The van der Waals surface area contributed by atoms with Crippen LogP contribution in [-0.2, 0) is 4.79 Å². The molecule has 0 bridgehead atoms. The molecular formula is C14H29N3O. The minimum absolute atomic E-state index is 0.128. The van der Waals surface area contributed by atoms with Gasteiger partial charge in [-0.2, -0.15) is 0 Å². The second kappa shape index (κ2) is 7.10. The lowest BCUT2D eigenvalue weighted by Crippen LogP contribution is -2.52. The first-order valence-corrected chi connectivity index (χ1v) is 7.29. The number of rotatable bonds is 5. The van der Waals surface area contributed by atoms with Crippen molar-refractivity contribution >= 4 is 5.91 Å². The van der Waals surface area contributed by atoms with Crippen molar-refractivity contribution in [1.29, 1.82) is 0 Å². The van der Waals surface area contributed by atoms with Crippen LogP contribution in [0.4, 0.5) is 0 Å². The standard InChI is InChI=1S/C14H29N3O/c1-5-16(6-2)12-7-9-17(10-8-12)14(18)13(15)11(3)4/h11-13H,5-10,15H2,1-4H3/t13-/m1/s1. The van der Waals surface area contributed by atoms with Gasteiger partial charge < -0.3 is 15.5 Å². The summed E-state index contributed by atoms with van der Waals surface area (Å²) in [6.07, 6.45) is 2.16. The Morgan fingerprint density at radius 2 is 1.78 bits per heavy atom. The highest BCUT2D eigenvalue weighted by atomic mass is 16.2. The lowest BCUT2D eigenvalue weighted by Gasteiger charge is -2.38. The summed E-state index contributed by atoms with van der Waals surface area (Å²) in [6.45, 7) is 12.3. The molecule has 1 fully saturated rings. The van der Waals surface area contributed by atoms with Crippen molar-refractivity contribution in [2.24, 2.45) is 11.7 Å². The van der Waals surface area contributed by atoms with Gasteiger partial charge in [-0.1, -0.05) is 27.7 Å². The molecule has 2 N–H and O–H groups in total. The number of amides is 1.